The van der Waals surface area contributed by atoms with Crippen LogP contribution in [0.2, 0.25) is 0 Å². The Kier molecular flexibility index (Phi) is 14.4. The molecule has 1 fully saturated rings. The van der Waals surface area contributed by atoms with Gasteiger partial charge < -0.3 is 20.1 Å². The number of nitrogens with zero attached hydrogens (tertiary/aromatic N) is 3. The fourth-order valence-corrected chi connectivity index (χ4v) is 2.93. The Bertz CT molecular complexity index is 624. The molecule has 0 bridgehead atoms. The van der Waals surface area contributed by atoms with Crippen LogP contribution in [-0.4, -0.2) is 74.9 Å². The minimum absolute atomic E-state index is 0. The number of nitrogens with one attached hydrogen (secondary N) is 2. The van der Waals surface area contributed by atoms with Crippen LogP contribution in [0.5, 0.6) is 0 Å². The summed E-state index contributed by atoms with van der Waals surface area (Å²) >= 11 is 0. The highest BCUT2D eigenvalue weighted by molar-refractivity contribution is 14.0. The van der Waals surface area contributed by atoms with Crippen molar-refractivity contribution in [1.29, 1.82) is 0 Å². The Morgan fingerprint density at radius 2 is 1.87 bits per heavy atom. The number of hydrogen-bond donors (Lipinski definition) is 2. The number of benzene rings is 1. The smallest absolute Gasteiger partial charge is 0.269 e. The maximum absolute atomic E-state index is 10.8. The van der Waals surface area contributed by atoms with Crippen LogP contribution in [-0.2, 0) is 16.0 Å². The van der Waals surface area contributed by atoms with E-state index in [0.717, 1.165) is 83.5 Å². The van der Waals surface area contributed by atoms with Crippen LogP contribution >= 0.6 is 24.0 Å². The normalized spacial score (nSPS) is 14.8. The maximum atomic E-state index is 10.8. The highest BCUT2D eigenvalue weighted by atomic mass is 127. The summed E-state index contributed by atoms with van der Waals surface area (Å²) in [4.78, 5) is 17.4. The summed E-state index contributed by atoms with van der Waals surface area (Å²) in [6.07, 6.45) is 1.93. The van der Waals surface area contributed by atoms with Gasteiger partial charge in [-0.3, -0.25) is 15.0 Å². The monoisotopic (exact) mass is 535 g/mol. The molecule has 170 valence electrons. The number of morpholine rings is 1. The fourth-order valence-electron chi connectivity index (χ4n) is 2.93. The van der Waals surface area contributed by atoms with E-state index in [-0.39, 0.29) is 29.7 Å². The second-order valence-electron chi connectivity index (χ2n) is 6.80. The molecule has 1 aliphatic rings. The second kappa shape index (κ2) is 16.2. The van der Waals surface area contributed by atoms with Gasteiger partial charge in [0.25, 0.3) is 5.69 Å². The number of halogens is 1. The highest BCUT2D eigenvalue weighted by Gasteiger charge is 2.09. The SMILES string of the molecule is CCOCCCNC(=NCc1ccc([N+](=O)[O-])cc1)NCCCN1CCOCC1.I. The lowest BCUT2D eigenvalue weighted by Crippen LogP contribution is -2.41. The average molecular weight is 535 g/mol. The molecule has 1 heterocycles. The maximum Gasteiger partial charge on any atom is 0.269 e. The molecule has 0 saturated carbocycles. The van der Waals surface area contributed by atoms with E-state index in [4.69, 9.17) is 9.47 Å². The van der Waals surface area contributed by atoms with Crippen molar-refractivity contribution in [3.63, 3.8) is 0 Å². The number of rotatable bonds is 12. The fraction of sp³-hybridized carbons (Fsp3) is 0.650. The Morgan fingerprint density at radius 1 is 1.20 bits per heavy atom. The summed E-state index contributed by atoms with van der Waals surface area (Å²) < 4.78 is 10.7. The van der Waals surface area contributed by atoms with Crippen LogP contribution in [0.4, 0.5) is 5.69 Å². The van der Waals surface area contributed by atoms with Gasteiger partial charge in [0.1, 0.15) is 0 Å². The zero-order valence-electron chi connectivity index (χ0n) is 17.7. The molecule has 0 amide bonds. The lowest BCUT2D eigenvalue weighted by molar-refractivity contribution is -0.384. The highest BCUT2D eigenvalue weighted by Crippen LogP contribution is 2.12. The Labute approximate surface area is 195 Å². The van der Waals surface area contributed by atoms with Crippen molar-refractivity contribution in [2.75, 3.05) is 59.2 Å². The lowest BCUT2D eigenvalue weighted by Gasteiger charge is -2.26. The number of guanidine groups is 1. The summed E-state index contributed by atoms with van der Waals surface area (Å²) in [6.45, 7) is 10.2. The number of ether oxygens (including phenoxy) is 2. The summed E-state index contributed by atoms with van der Waals surface area (Å²) in [7, 11) is 0. The van der Waals surface area contributed by atoms with Crippen molar-refractivity contribution in [2.24, 2.45) is 4.99 Å². The molecule has 0 aromatic heterocycles. The summed E-state index contributed by atoms with van der Waals surface area (Å²) in [6, 6.07) is 6.51. The van der Waals surface area contributed by atoms with Gasteiger partial charge in [0.05, 0.1) is 24.7 Å². The first-order valence-corrected chi connectivity index (χ1v) is 10.3. The average Bonchev–Trinajstić information content (AvgIpc) is 2.75. The van der Waals surface area contributed by atoms with Crippen molar-refractivity contribution in [3.05, 3.63) is 39.9 Å². The molecule has 2 rings (SSSR count). The molecule has 30 heavy (non-hydrogen) atoms. The molecule has 9 nitrogen and oxygen atoms in total. The number of aliphatic imine (C=N–C) groups is 1. The molecule has 1 aromatic rings. The molecule has 0 radical (unpaired) electrons. The van der Waals surface area contributed by atoms with Gasteiger partial charge >= 0.3 is 0 Å². The third-order valence-electron chi connectivity index (χ3n) is 4.58. The van der Waals surface area contributed by atoms with Crippen LogP contribution in [0, 0.1) is 10.1 Å². The number of nitro groups is 1. The summed E-state index contributed by atoms with van der Waals surface area (Å²) in [5.41, 5.74) is 1.02. The topological polar surface area (TPSA) is 101 Å². The largest absolute Gasteiger partial charge is 0.382 e. The summed E-state index contributed by atoms with van der Waals surface area (Å²) in [5, 5.41) is 17.5. The summed E-state index contributed by atoms with van der Waals surface area (Å²) in [5.74, 6) is 0.752. The number of nitro benzene ring substituents is 1. The van der Waals surface area contributed by atoms with E-state index in [1.807, 2.05) is 6.92 Å². The van der Waals surface area contributed by atoms with Crippen LogP contribution < -0.4 is 10.6 Å². The molecule has 1 aromatic carbocycles. The minimum Gasteiger partial charge on any atom is -0.382 e. The molecule has 0 unspecified atom stereocenters. The molecular formula is C20H34IN5O4. The van der Waals surface area contributed by atoms with Gasteiger partial charge in [0, 0.05) is 51.5 Å². The van der Waals surface area contributed by atoms with Gasteiger partial charge in [-0.2, -0.15) is 0 Å². The third-order valence-corrected chi connectivity index (χ3v) is 4.58. The van der Waals surface area contributed by atoms with E-state index in [1.54, 1.807) is 12.1 Å². The molecule has 0 atom stereocenters. The molecule has 0 spiro atoms. The van der Waals surface area contributed by atoms with Crippen molar-refractivity contribution >= 4 is 35.6 Å². The predicted molar refractivity (Wildman–Crippen MR) is 129 cm³/mol. The second-order valence-corrected chi connectivity index (χ2v) is 6.80. The van der Waals surface area contributed by atoms with E-state index in [1.165, 1.54) is 12.1 Å². The standard InChI is InChI=1S/C20H33N5O4.HI/c1-2-28-14-4-10-22-20(21-9-3-11-24-12-15-29-16-13-24)23-17-18-5-7-19(8-6-18)25(26)27;/h5-8H,2-4,9-17H2,1H3,(H2,21,22,23);1H. The van der Waals surface area contributed by atoms with E-state index < -0.39 is 4.92 Å². The van der Waals surface area contributed by atoms with Crippen LogP contribution in [0.25, 0.3) is 0 Å². The van der Waals surface area contributed by atoms with Gasteiger partial charge in [-0.05, 0) is 31.9 Å². The van der Waals surface area contributed by atoms with Crippen LogP contribution in [0.3, 0.4) is 0 Å². The van der Waals surface area contributed by atoms with E-state index in [2.05, 4.69) is 20.5 Å². The van der Waals surface area contributed by atoms with E-state index in [9.17, 15) is 10.1 Å². The predicted octanol–water partition coefficient (Wildman–Crippen LogP) is 2.40. The van der Waals surface area contributed by atoms with Gasteiger partial charge in [0.15, 0.2) is 5.96 Å². The quantitative estimate of drug-likeness (QED) is 0.106. The van der Waals surface area contributed by atoms with Crippen molar-refractivity contribution in [3.8, 4) is 0 Å². The first-order chi connectivity index (χ1) is 14.2. The van der Waals surface area contributed by atoms with Crippen LogP contribution in [0.1, 0.15) is 25.3 Å². The van der Waals surface area contributed by atoms with Crippen molar-refractivity contribution < 1.29 is 14.4 Å². The zero-order chi connectivity index (χ0) is 20.7. The van der Waals surface area contributed by atoms with Crippen LogP contribution in [0.15, 0.2) is 29.3 Å². The van der Waals surface area contributed by atoms with Crippen molar-refractivity contribution in [2.45, 2.75) is 26.3 Å². The first-order valence-electron chi connectivity index (χ1n) is 10.3. The molecule has 2 N–H and O–H groups in total. The number of non-ortho nitro benzene ring substituents is 1. The lowest BCUT2D eigenvalue weighted by atomic mass is 10.2. The Balaban J connectivity index is 0.00000450. The minimum atomic E-state index is -0.394. The van der Waals surface area contributed by atoms with Gasteiger partial charge in [-0.1, -0.05) is 12.1 Å². The first kappa shape index (κ1) is 26.5. The molecule has 1 saturated heterocycles. The van der Waals surface area contributed by atoms with E-state index >= 15 is 0 Å². The van der Waals surface area contributed by atoms with Crippen molar-refractivity contribution in [1.82, 2.24) is 15.5 Å². The third kappa shape index (κ3) is 11.0. The zero-order valence-corrected chi connectivity index (χ0v) is 20.0. The van der Waals surface area contributed by atoms with Gasteiger partial charge in [-0.15, -0.1) is 24.0 Å². The number of hydrogen-bond acceptors (Lipinski definition) is 6. The molecule has 10 heteroatoms. The Morgan fingerprint density at radius 3 is 2.50 bits per heavy atom. The van der Waals surface area contributed by atoms with Gasteiger partial charge in [-0.25, -0.2) is 4.99 Å². The molecule has 1 aliphatic heterocycles. The molecular weight excluding hydrogens is 501 g/mol. The molecule has 0 aliphatic carbocycles. The van der Waals surface area contributed by atoms with Gasteiger partial charge in [0.2, 0.25) is 0 Å². The van der Waals surface area contributed by atoms with E-state index in [0.29, 0.717) is 6.54 Å². The Hall–Kier alpha value is -1.50.